The summed E-state index contributed by atoms with van der Waals surface area (Å²) in [5.74, 6) is -0.252. The minimum absolute atomic E-state index is 0.0478. The van der Waals surface area contributed by atoms with Gasteiger partial charge in [-0.05, 0) is 78.8 Å². The molecule has 0 radical (unpaired) electrons. The van der Waals surface area contributed by atoms with Crippen LogP contribution in [0.3, 0.4) is 0 Å². The van der Waals surface area contributed by atoms with Crippen molar-refractivity contribution in [3.05, 3.63) is 65.2 Å². The number of halogens is 1. The molecule has 6 aliphatic rings. The highest BCUT2D eigenvalue weighted by molar-refractivity contribution is 7.92. The van der Waals surface area contributed by atoms with Crippen molar-refractivity contribution < 1.29 is 31.1 Å². The Kier molecular flexibility index (Phi) is 5.44. The number of carbonyl (C=O) groups is 1. The molecule has 2 aromatic carbocycles. The van der Waals surface area contributed by atoms with Crippen LogP contribution in [0.4, 0.5) is 15.8 Å². The molecule has 4 fully saturated rings. The zero-order valence-electron chi connectivity index (χ0n) is 21.4. The molecule has 210 valence electrons. The fraction of sp³-hybridized carbons (Fsp3) is 0.407. The average molecular weight is 587 g/mol. The second-order valence-corrected chi connectivity index (χ2v) is 14.8. The molecule has 0 unspecified atom stereocenters. The summed E-state index contributed by atoms with van der Waals surface area (Å²) in [7, 11) is -8.00. The highest BCUT2D eigenvalue weighted by atomic mass is 32.2. The van der Waals surface area contributed by atoms with Gasteiger partial charge in [0.2, 0.25) is 10.0 Å². The summed E-state index contributed by atoms with van der Waals surface area (Å²) in [6.07, 6.45) is 3.91. The molecular weight excluding hydrogens is 559 g/mol. The van der Waals surface area contributed by atoms with Crippen molar-refractivity contribution in [2.24, 2.45) is 34.0 Å². The highest BCUT2D eigenvalue weighted by Crippen LogP contribution is 2.67. The minimum atomic E-state index is -4.36. The number of aliphatic hydroxyl groups excluding tert-OH is 1. The van der Waals surface area contributed by atoms with Crippen LogP contribution < -0.4 is 10.0 Å². The van der Waals surface area contributed by atoms with Gasteiger partial charge >= 0.3 is 0 Å². The molecule has 40 heavy (non-hydrogen) atoms. The van der Waals surface area contributed by atoms with Crippen LogP contribution in [0.15, 0.2) is 63.1 Å². The number of benzene rings is 2. The zero-order valence-corrected chi connectivity index (χ0v) is 23.0. The third kappa shape index (κ3) is 4.00. The van der Waals surface area contributed by atoms with Crippen LogP contribution in [0, 0.1) is 35.4 Å². The van der Waals surface area contributed by atoms with Crippen LogP contribution in [0.5, 0.6) is 0 Å². The van der Waals surface area contributed by atoms with Crippen LogP contribution in [0.25, 0.3) is 0 Å². The lowest BCUT2D eigenvalue weighted by molar-refractivity contribution is -0.140. The monoisotopic (exact) mass is 586 g/mol. The van der Waals surface area contributed by atoms with Gasteiger partial charge in [-0.3, -0.25) is 9.52 Å². The molecule has 8 rings (SSSR count). The number of rotatable bonds is 5. The maximum Gasteiger partial charge on any atom is 0.286 e. The molecule has 3 N–H and O–H groups in total. The molecule has 0 aromatic heterocycles. The summed E-state index contributed by atoms with van der Waals surface area (Å²) in [6.45, 7) is 0.189. The lowest BCUT2D eigenvalue weighted by Crippen LogP contribution is -2.60. The molecule has 1 amide bonds. The van der Waals surface area contributed by atoms with E-state index in [0.29, 0.717) is 11.8 Å². The van der Waals surface area contributed by atoms with E-state index in [1.54, 1.807) is 17.0 Å². The van der Waals surface area contributed by atoms with Crippen molar-refractivity contribution in [3.8, 4) is 0 Å². The smallest absolute Gasteiger partial charge is 0.286 e. The number of aliphatic hydroxyl groups is 1. The molecule has 0 saturated heterocycles. The molecule has 2 bridgehead atoms. The Balaban J connectivity index is 1.31. The first-order chi connectivity index (χ1) is 18.9. The van der Waals surface area contributed by atoms with Gasteiger partial charge in [0.1, 0.15) is 22.0 Å². The first-order valence-corrected chi connectivity index (χ1v) is 16.5. The van der Waals surface area contributed by atoms with E-state index in [1.807, 2.05) is 0 Å². The molecule has 13 heteroatoms. The Morgan fingerprint density at radius 1 is 1.10 bits per heavy atom. The normalized spacial score (nSPS) is 31.5. The van der Waals surface area contributed by atoms with E-state index >= 15 is 0 Å². The molecule has 4 aliphatic carbocycles. The van der Waals surface area contributed by atoms with E-state index in [2.05, 4.69) is 14.4 Å². The van der Waals surface area contributed by atoms with Gasteiger partial charge in [-0.15, -0.1) is 4.40 Å². The van der Waals surface area contributed by atoms with Crippen LogP contribution in [-0.2, 0) is 31.4 Å². The van der Waals surface area contributed by atoms with Crippen molar-refractivity contribution in [1.82, 2.24) is 4.90 Å². The second-order valence-electron chi connectivity index (χ2n) is 11.4. The van der Waals surface area contributed by atoms with Crippen molar-refractivity contribution in [2.75, 3.05) is 16.3 Å². The summed E-state index contributed by atoms with van der Waals surface area (Å²) in [6, 6.07) is 9.61. The number of nitrogens with one attached hydrogen (secondary N) is 2. The molecular formula is C27H27FN4O6S2. The maximum atomic E-state index is 14.1. The number of carbonyl (C=O) groups excluding carboxylic acids is 1. The lowest BCUT2D eigenvalue weighted by atomic mass is 9.59. The molecule has 4 saturated carbocycles. The lowest BCUT2D eigenvalue weighted by Gasteiger charge is -2.54. The molecule has 2 aromatic rings. The van der Waals surface area contributed by atoms with Gasteiger partial charge in [-0.25, -0.2) is 12.8 Å². The third-order valence-corrected chi connectivity index (χ3v) is 11.0. The van der Waals surface area contributed by atoms with E-state index < -0.39 is 26.0 Å². The summed E-state index contributed by atoms with van der Waals surface area (Å²) in [5.41, 5.74) is 0.703. The van der Waals surface area contributed by atoms with Crippen LogP contribution in [-0.4, -0.2) is 50.9 Å². The fourth-order valence-electron chi connectivity index (χ4n) is 7.50. The predicted molar refractivity (Wildman–Crippen MR) is 145 cm³/mol. The van der Waals surface area contributed by atoms with Crippen molar-refractivity contribution >= 4 is 43.2 Å². The topological polar surface area (TPSA) is 145 Å². The van der Waals surface area contributed by atoms with Crippen LogP contribution in [0.1, 0.15) is 24.8 Å². The number of anilines is 2. The fourth-order valence-corrected chi connectivity index (χ4v) is 9.20. The third-order valence-electron chi connectivity index (χ3n) is 9.03. The number of amides is 1. The Morgan fingerprint density at radius 3 is 2.52 bits per heavy atom. The molecule has 2 heterocycles. The van der Waals surface area contributed by atoms with E-state index in [-0.39, 0.29) is 69.6 Å². The van der Waals surface area contributed by atoms with Crippen molar-refractivity contribution in [3.63, 3.8) is 0 Å². The highest BCUT2D eigenvalue weighted by Gasteiger charge is 2.65. The van der Waals surface area contributed by atoms with Gasteiger partial charge in [0.05, 0.1) is 11.9 Å². The number of amidine groups is 1. The van der Waals surface area contributed by atoms with Gasteiger partial charge in [0.15, 0.2) is 5.84 Å². The van der Waals surface area contributed by atoms with Gasteiger partial charge in [-0.2, -0.15) is 8.42 Å². The summed E-state index contributed by atoms with van der Waals surface area (Å²) >= 11 is 0. The quantitative estimate of drug-likeness (QED) is 0.488. The summed E-state index contributed by atoms with van der Waals surface area (Å²) in [5, 5.41) is 14.6. The Bertz CT molecular complexity index is 1740. The molecule has 6 atom stereocenters. The Labute approximate surface area is 231 Å². The molecule has 10 nitrogen and oxygen atoms in total. The number of sulfonamides is 2. The van der Waals surface area contributed by atoms with Crippen LogP contribution >= 0.6 is 0 Å². The number of hydrogen-bond acceptors (Lipinski definition) is 7. The number of nitrogens with zero attached hydrogens (tertiary/aromatic N) is 2. The van der Waals surface area contributed by atoms with E-state index in [1.165, 1.54) is 24.3 Å². The van der Waals surface area contributed by atoms with Gasteiger partial charge in [-0.1, -0.05) is 12.1 Å². The van der Waals surface area contributed by atoms with Crippen molar-refractivity contribution in [1.29, 1.82) is 0 Å². The predicted octanol–water partition coefficient (Wildman–Crippen LogP) is 3.23. The Hall–Kier alpha value is -3.45. The SMILES string of the molecule is CS(=O)(=O)Nc1ccc2c(c1)S(=O)(=O)N=C(C1=C(O)[C@H]3[C@H]4CC[C@H]([C@@H]5C[C@@H]54)[C@H]3N(Cc3ccc(F)cc3)C1=O)N2. The van der Waals surface area contributed by atoms with E-state index in [9.17, 15) is 31.1 Å². The summed E-state index contributed by atoms with van der Waals surface area (Å²) < 4.78 is 69.5. The summed E-state index contributed by atoms with van der Waals surface area (Å²) in [4.78, 5) is 15.6. The minimum Gasteiger partial charge on any atom is -0.511 e. The Morgan fingerprint density at radius 2 is 1.80 bits per heavy atom. The standard InChI is InChI=1S/C27H27FN4O6S2/c1-39(35,36)30-15-6-9-20-21(10-15)40(37,38)31-26(29-20)23-25(33)22-16-7-8-17(19-11-18(16)19)24(22)32(27(23)34)12-13-2-4-14(28)5-3-13/h2-6,9-10,16-19,22,24,30,33H,7-8,11-12H2,1H3,(H,29,31)/t16-,17+,18+,19-,22-,24+/m0/s1. The first kappa shape index (κ1) is 25.5. The molecule has 0 spiro atoms. The largest absolute Gasteiger partial charge is 0.511 e. The van der Waals surface area contributed by atoms with E-state index in [4.69, 9.17) is 0 Å². The first-order valence-electron chi connectivity index (χ1n) is 13.1. The van der Waals surface area contributed by atoms with Crippen LogP contribution in [0.2, 0.25) is 0 Å². The van der Waals surface area contributed by atoms with E-state index in [0.717, 1.165) is 37.1 Å². The second kappa shape index (κ2) is 8.53. The number of hydrogen-bond donors (Lipinski definition) is 3. The van der Waals surface area contributed by atoms with Gasteiger partial charge in [0, 0.05) is 24.2 Å². The van der Waals surface area contributed by atoms with Gasteiger partial charge in [0.25, 0.3) is 15.9 Å². The molecule has 2 aliphatic heterocycles. The average Bonchev–Trinajstić information content (AvgIpc) is 3.70. The van der Waals surface area contributed by atoms with Gasteiger partial charge < -0.3 is 15.3 Å². The van der Waals surface area contributed by atoms with Crippen molar-refractivity contribution in [2.45, 2.75) is 36.7 Å². The zero-order chi connectivity index (χ0) is 28.1. The maximum absolute atomic E-state index is 14.1. The number of fused-ring (bicyclic) bond motifs is 2.